The zero-order chi connectivity index (χ0) is 31.4. The lowest BCUT2D eigenvalue weighted by atomic mass is 9.80. The van der Waals surface area contributed by atoms with E-state index in [4.69, 9.17) is 4.98 Å². The number of benzene rings is 2. The van der Waals surface area contributed by atoms with Gasteiger partial charge in [-0.15, -0.1) is 0 Å². The molecule has 1 fully saturated rings. The Labute approximate surface area is 255 Å². The molecule has 1 unspecified atom stereocenters. The summed E-state index contributed by atoms with van der Waals surface area (Å²) in [5.41, 5.74) is 4.03. The molecule has 2 aromatic heterocycles. The summed E-state index contributed by atoms with van der Waals surface area (Å²) in [6.45, 7) is 6.28. The average Bonchev–Trinajstić information content (AvgIpc) is 3.35. The van der Waals surface area contributed by atoms with E-state index in [-0.39, 0.29) is 24.1 Å². The predicted molar refractivity (Wildman–Crippen MR) is 166 cm³/mol. The standard InChI is InChI=1S/C32H32F3N5O2.C2H6/c1-19(21-10-7-11-21)36-27-26-28(38-29(37-27)31(41)42)39-30(25-13-6-5-12-24(25)22-8-3-2-4-9-22)40(26)18-20-14-16-23(17-15-20)32(33,34)35;1-2/h2-4,8-9,14-17,19,21H,5-7,10-13,18H2,1H3,(H,41,42)(H,36,37,38);1-2H3. The van der Waals surface area contributed by atoms with Crippen molar-refractivity contribution in [3.63, 3.8) is 0 Å². The van der Waals surface area contributed by atoms with Crippen LogP contribution in [0.15, 0.2) is 54.6 Å². The zero-order valence-corrected chi connectivity index (χ0v) is 25.3. The normalized spacial score (nSPS) is 16.2. The van der Waals surface area contributed by atoms with Gasteiger partial charge >= 0.3 is 12.1 Å². The van der Waals surface area contributed by atoms with Crippen molar-refractivity contribution >= 4 is 34.1 Å². The van der Waals surface area contributed by atoms with Crippen LogP contribution in [0, 0.1) is 5.92 Å². The molecule has 10 heteroatoms. The molecule has 2 heterocycles. The first-order valence-electron chi connectivity index (χ1n) is 15.4. The fourth-order valence-corrected chi connectivity index (χ4v) is 5.98. The number of hydrogen-bond acceptors (Lipinski definition) is 5. The number of fused-ring (bicyclic) bond motifs is 1. The molecule has 2 aliphatic carbocycles. The third-order valence-electron chi connectivity index (χ3n) is 8.50. The van der Waals surface area contributed by atoms with Crippen molar-refractivity contribution < 1.29 is 23.1 Å². The van der Waals surface area contributed by atoms with Crippen LogP contribution in [0.4, 0.5) is 19.0 Å². The van der Waals surface area contributed by atoms with Crippen LogP contribution >= 0.6 is 0 Å². The molecule has 1 atom stereocenters. The Balaban J connectivity index is 0.00000188. The van der Waals surface area contributed by atoms with Gasteiger partial charge in [-0.1, -0.05) is 62.7 Å². The quantitative estimate of drug-likeness (QED) is 0.209. The Morgan fingerprint density at radius 1 is 0.955 bits per heavy atom. The largest absolute Gasteiger partial charge is 0.475 e. The van der Waals surface area contributed by atoms with Crippen LogP contribution in [0.5, 0.6) is 0 Å². The number of hydrogen-bond donors (Lipinski definition) is 2. The smallest absolute Gasteiger partial charge is 0.416 e. The second-order valence-corrected chi connectivity index (χ2v) is 11.2. The molecule has 6 rings (SSSR count). The summed E-state index contributed by atoms with van der Waals surface area (Å²) >= 11 is 0. The van der Waals surface area contributed by atoms with E-state index in [2.05, 4.69) is 34.3 Å². The van der Waals surface area contributed by atoms with Gasteiger partial charge in [-0.3, -0.25) is 0 Å². The number of halogens is 3. The summed E-state index contributed by atoms with van der Waals surface area (Å²) < 4.78 is 41.8. The van der Waals surface area contributed by atoms with Gasteiger partial charge in [0, 0.05) is 12.6 Å². The first kappa shape index (κ1) is 31.2. The minimum atomic E-state index is -4.43. The zero-order valence-electron chi connectivity index (χ0n) is 25.3. The van der Waals surface area contributed by atoms with E-state index < -0.39 is 17.7 Å². The topological polar surface area (TPSA) is 92.9 Å². The van der Waals surface area contributed by atoms with Crippen molar-refractivity contribution in [3.8, 4) is 0 Å². The highest BCUT2D eigenvalue weighted by atomic mass is 19.4. The van der Waals surface area contributed by atoms with E-state index in [1.165, 1.54) is 12.1 Å². The van der Waals surface area contributed by atoms with E-state index in [1.807, 2.05) is 36.6 Å². The van der Waals surface area contributed by atoms with Gasteiger partial charge in [-0.05, 0) is 85.8 Å². The summed E-state index contributed by atoms with van der Waals surface area (Å²) in [7, 11) is 0. The molecule has 0 radical (unpaired) electrons. The number of imidazole rings is 1. The number of carboxylic acids is 1. The number of nitrogens with zero attached hydrogens (tertiary/aromatic N) is 4. The Morgan fingerprint density at radius 2 is 1.61 bits per heavy atom. The summed E-state index contributed by atoms with van der Waals surface area (Å²) in [5.74, 6) is -0.144. The Kier molecular flexibility index (Phi) is 9.36. The number of aromatic nitrogens is 4. The Morgan fingerprint density at radius 3 is 2.20 bits per heavy atom. The lowest BCUT2D eigenvalue weighted by Gasteiger charge is -2.32. The minimum absolute atomic E-state index is 0.0464. The fraction of sp³-hybridized carbons (Fsp3) is 0.412. The Bertz CT molecular complexity index is 1640. The van der Waals surface area contributed by atoms with Crippen molar-refractivity contribution in [3.05, 3.63) is 82.9 Å². The van der Waals surface area contributed by atoms with E-state index >= 15 is 0 Å². The van der Waals surface area contributed by atoms with Crippen molar-refractivity contribution in [2.75, 3.05) is 5.32 Å². The van der Waals surface area contributed by atoms with Gasteiger partial charge in [0.05, 0.1) is 5.56 Å². The van der Waals surface area contributed by atoms with Crippen LogP contribution in [0.25, 0.3) is 22.3 Å². The molecule has 2 aliphatic rings. The maximum absolute atomic E-state index is 13.3. The van der Waals surface area contributed by atoms with Crippen LogP contribution < -0.4 is 5.32 Å². The minimum Gasteiger partial charge on any atom is -0.475 e. The van der Waals surface area contributed by atoms with Crippen LogP contribution in [-0.2, 0) is 12.7 Å². The molecule has 0 bridgehead atoms. The van der Waals surface area contributed by atoms with Gasteiger partial charge in [0.25, 0.3) is 0 Å². The van der Waals surface area contributed by atoms with Gasteiger partial charge in [0.1, 0.15) is 11.3 Å². The summed E-state index contributed by atoms with van der Waals surface area (Å²) in [6, 6.07) is 15.3. The van der Waals surface area contributed by atoms with Crippen molar-refractivity contribution in [2.45, 2.75) is 84.5 Å². The van der Waals surface area contributed by atoms with Crippen molar-refractivity contribution in [1.82, 2.24) is 19.5 Å². The summed E-state index contributed by atoms with van der Waals surface area (Å²) in [4.78, 5) is 25.7. The third-order valence-corrected chi connectivity index (χ3v) is 8.50. The molecule has 2 aromatic carbocycles. The number of carboxylic acid groups (broad SMARTS) is 1. The van der Waals surface area contributed by atoms with Crippen LogP contribution in [0.2, 0.25) is 0 Å². The molecule has 7 nitrogen and oxygen atoms in total. The molecule has 4 aromatic rings. The monoisotopic (exact) mass is 605 g/mol. The molecule has 232 valence electrons. The SMILES string of the molecule is CC.CC(Nc1nc(C(=O)O)nc2nc(C3=C(c4ccccc4)CCCC3)n(Cc3ccc(C(F)(F)F)cc3)c12)C1CCC1. The first-order chi connectivity index (χ1) is 21.2. The average molecular weight is 606 g/mol. The molecular formula is C34H38F3N5O2. The number of anilines is 1. The number of aromatic carboxylic acids is 1. The van der Waals surface area contributed by atoms with E-state index in [0.717, 1.165) is 73.8 Å². The second kappa shape index (κ2) is 13.2. The highest BCUT2D eigenvalue weighted by molar-refractivity contribution is 5.95. The highest BCUT2D eigenvalue weighted by Gasteiger charge is 2.31. The number of alkyl halides is 3. The van der Waals surface area contributed by atoms with Gasteiger partial charge in [-0.25, -0.2) is 19.7 Å². The second-order valence-electron chi connectivity index (χ2n) is 11.2. The van der Waals surface area contributed by atoms with Crippen LogP contribution in [0.1, 0.15) is 98.9 Å². The number of allylic oxidation sites excluding steroid dienone is 2. The van der Waals surface area contributed by atoms with Crippen molar-refractivity contribution in [1.29, 1.82) is 0 Å². The van der Waals surface area contributed by atoms with E-state index in [0.29, 0.717) is 28.6 Å². The van der Waals surface area contributed by atoms with Gasteiger partial charge in [0.15, 0.2) is 11.5 Å². The number of rotatable bonds is 8. The van der Waals surface area contributed by atoms with Crippen molar-refractivity contribution in [2.24, 2.45) is 5.92 Å². The Hall–Kier alpha value is -4.21. The first-order valence-corrected chi connectivity index (χ1v) is 15.4. The van der Waals surface area contributed by atoms with Gasteiger partial charge < -0.3 is 15.0 Å². The van der Waals surface area contributed by atoms with Crippen LogP contribution in [-0.4, -0.2) is 36.6 Å². The summed E-state index contributed by atoms with van der Waals surface area (Å²) in [6.07, 6.45) is 2.50. The third kappa shape index (κ3) is 6.49. The van der Waals surface area contributed by atoms with Crippen LogP contribution in [0.3, 0.4) is 0 Å². The number of carbonyl (C=O) groups is 1. The molecule has 0 saturated heterocycles. The predicted octanol–water partition coefficient (Wildman–Crippen LogP) is 8.70. The van der Waals surface area contributed by atoms with E-state index in [9.17, 15) is 23.1 Å². The molecule has 1 saturated carbocycles. The fourth-order valence-electron chi connectivity index (χ4n) is 5.98. The molecular weight excluding hydrogens is 567 g/mol. The lowest BCUT2D eigenvalue weighted by Crippen LogP contribution is -2.31. The molecule has 44 heavy (non-hydrogen) atoms. The number of nitrogens with one attached hydrogen (secondary N) is 1. The van der Waals surface area contributed by atoms with E-state index in [1.54, 1.807) is 0 Å². The summed E-state index contributed by atoms with van der Waals surface area (Å²) in [5, 5.41) is 13.3. The maximum Gasteiger partial charge on any atom is 0.416 e. The molecule has 0 spiro atoms. The van der Waals surface area contributed by atoms with Gasteiger partial charge in [-0.2, -0.15) is 13.2 Å². The molecule has 0 amide bonds. The van der Waals surface area contributed by atoms with Gasteiger partial charge in [0.2, 0.25) is 5.82 Å². The molecule has 2 N–H and O–H groups in total. The molecule has 0 aliphatic heterocycles. The highest BCUT2D eigenvalue weighted by Crippen LogP contribution is 2.40. The lowest BCUT2D eigenvalue weighted by molar-refractivity contribution is -0.137. The maximum atomic E-state index is 13.3.